The summed E-state index contributed by atoms with van der Waals surface area (Å²) < 4.78 is 7.11. The summed E-state index contributed by atoms with van der Waals surface area (Å²) in [5.74, 6) is 2.69. The zero-order chi connectivity index (χ0) is 16.8. The minimum Gasteiger partial charge on any atom is -0.377 e. The van der Waals surface area contributed by atoms with Crippen LogP contribution in [0.5, 0.6) is 0 Å². The van der Waals surface area contributed by atoms with Crippen molar-refractivity contribution in [2.75, 3.05) is 20.7 Å². The van der Waals surface area contributed by atoms with E-state index in [4.69, 9.17) is 4.74 Å². The fourth-order valence-corrected chi connectivity index (χ4v) is 3.36. The Bertz CT molecular complexity index is 606. The fourth-order valence-electron chi connectivity index (χ4n) is 3.36. The summed E-state index contributed by atoms with van der Waals surface area (Å²) in [7, 11) is 3.49. The van der Waals surface area contributed by atoms with E-state index in [1.54, 1.807) is 12.7 Å². The number of nitrogens with one attached hydrogen (secondary N) is 2. The van der Waals surface area contributed by atoms with Crippen molar-refractivity contribution in [1.82, 2.24) is 25.4 Å². The van der Waals surface area contributed by atoms with Crippen molar-refractivity contribution in [3.05, 3.63) is 23.3 Å². The molecule has 1 unspecified atom stereocenters. The molecule has 0 spiro atoms. The van der Waals surface area contributed by atoms with Crippen LogP contribution in [0.1, 0.15) is 43.8 Å². The zero-order valence-electron chi connectivity index (χ0n) is 14.7. The first kappa shape index (κ1) is 17.0. The van der Waals surface area contributed by atoms with Gasteiger partial charge in [-0.05, 0) is 32.1 Å². The van der Waals surface area contributed by atoms with Gasteiger partial charge in [-0.3, -0.25) is 4.99 Å². The standard InChI is InChI=1S/C17H28N6O/c1-18-17(19-10-9-13-5-3-4-6-13)20-14-7-8-16-21-15(12-24-2)22-23(16)11-14/h5,14H,3-4,6-12H2,1-2H3,(H2,18,19,20). The van der Waals surface area contributed by atoms with Gasteiger partial charge in [0.25, 0.3) is 0 Å². The number of ether oxygens (including phenoxy) is 1. The third-order valence-corrected chi connectivity index (χ3v) is 4.61. The summed E-state index contributed by atoms with van der Waals surface area (Å²) in [5, 5.41) is 11.4. The van der Waals surface area contributed by atoms with Gasteiger partial charge in [-0.2, -0.15) is 5.10 Å². The van der Waals surface area contributed by atoms with Crippen LogP contribution in [-0.4, -0.2) is 47.5 Å². The van der Waals surface area contributed by atoms with Crippen LogP contribution < -0.4 is 10.6 Å². The van der Waals surface area contributed by atoms with Crippen LogP contribution in [0.2, 0.25) is 0 Å². The second-order valence-electron chi connectivity index (χ2n) is 6.44. The molecule has 0 bridgehead atoms. The van der Waals surface area contributed by atoms with Crippen LogP contribution in [0.4, 0.5) is 0 Å². The first-order chi connectivity index (χ1) is 11.8. The largest absolute Gasteiger partial charge is 0.377 e. The number of hydrogen-bond donors (Lipinski definition) is 2. The lowest BCUT2D eigenvalue weighted by Gasteiger charge is -2.25. The van der Waals surface area contributed by atoms with E-state index in [0.29, 0.717) is 12.6 Å². The molecule has 1 aliphatic carbocycles. The number of guanidine groups is 1. The second-order valence-corrected chi connectivity index (χ2v) is 6.44. The van der Waals surface area contributed by atoms with Crippen molar-refractivity contribution in [2.45, 2.75) is 57.7 Å². The highest BCUT2D eigenvalue weighted by atomic mass is 16.5. The van der Waals surface area contributed by atoms with Gasteiger partial charge < -0.3 is 15.4 Å². The normalized spacial score (nSPS) is 20.7. The molecule has 0 saturated heterocycles. The molecular formula is C17H28N6O. The lowest BCUT2D eigenvalue weighted by atomic mass is 10.1. The highest BCUT2D eigenvalue weighted by Gasteiger charge is 2.22. The number of fused-ring (bicyclic) bond motifs is 1. The van der Waals surface area contributed by atoms with Crippen molar-refractivity contribution >= 4 is 5.96 Å². The summed E-state index contributed by atoms with van der Waals surface area (Å²) in [6.45, 7) is 2.22. The quantitative estimate of drug-likeness (QED) is 0.468. The number of aliphatic imine (C=N–C) groups is 1. The Labute approximate surface area is 143 Å². The van der Waals surface area contributed by atoms with E-state index >= 15 is 0 Å². The van der Waals surface area contributed by atoms with E-state index in [2.05, 4.69) is 31.8 Å². The van der Waals surface area contributed by atoms with Gasteiger partial charge in [0.15, 0.2) is 11.8 Å². The zero-order valence-corrected chi connectivity index (χ0v) is 14.7. The third kappa shape index (κ3) is 4.35. The predicted molar refractivity (Wildman–Crippen MR) is 93.9 cm³/mol. The Morgan fingerprint density at radius 1 is 1.46 bits per heavy atom. The average molecular weight is 332 g/mol. The minimum atomic E-state index is 0.325. The molecule has 2 N–H and O–H groups in total. The Morgan fingerprint density at radius 2 is 2.38 bits per heavy atom. The molecule has 0 aromatic carbocycles. The number of allylic oxidation sites excluding steroid dienone is 1. The van der Waals surface area contributed by atoms with Gasteiger partial charge in [0.05, 0.1) is 6.54 Å². The molecule has 0 amide bonds. The van der Waals surface area contributed by atoms with Gasteiger partial charge in [-0.15, -0.1) is 0 Å². The lowest BCUT2D eigenvalue weighted by Crippen LogP contribution is -2.47. The molecule has 0 saturated carbocycles. The smallest absolute Gasteiger partial charge is 0.191 e. The monoisotopic (exact) mass is 332 g/mol. The van der Waals surface area contributed by atoms with Gasteiger partial charge in [0.1, 0.15) is 12.4 Å². The van der Waals surface area contributed by atoms with E-state index in [9.17, 15) is 0 Å². The number of aromatic nitrogens is 3. The molecule has 2 heterocycles. The second kappa shape index (κ2) is 8.28. The van der Waals surface area contributed by atoms with E-state index < -0.39 is 0 Å². The Hall–Kier alpha value is -1.89. The number of nitrogens with zero attached hydrogens (tertiary/aromatic N) is 4. The molecule has 132 valence electrons. The van der Waals surface area contributed by atoms with E-state index in [0.717, 1.165) is 50.0 Å². The van der Waals surface area contributed by atoms with Crippen LogP contribution in [-0.2, 0) is 24.3 Å². The molecule has 3 rings (SSSR count). The number of rotatable bonds is 6. The molecule has 7 nitrogen and oxygen atoms in total. The van der Waals surface area contributed by atoms with Crippen molar-refractivity contribution in [1.29, 1.82) is 0 Å². The molecule has 7 heteroatoms. The summed E-state index contributed by atoms with van der Waals surface area (Å²) in [5.41, 5.74) is 1.58. The van der Waals surface area contributed by atoms with Crippen LogP contribution in [0.25, 0.3) is 0 Å². The maximum atomic E-state index is 5.11. The fraction of sp³-hybridized carbons (Fsp3) is 0.706. The van der Waals surface area contributed by atoms with E-state index in [-0.39, 0.29) is 0 Å². The minimum absolute atomic E-state index is 0.325. The van der Waals surface area contributed by atoms with Gasteiger partial charge >= 0.3 is 0 Å². The van der Waals surface area contributed by atoms with Crippen molar-refractivity contribution in [3.8, 4) is 0 Å². The van der Waals surface area contributed by atoms with E-state index in [1.165, 1.54) is 19.3 Å². The number of methoxy groups -OCH3 is 1. The lowest BCUT2D eigenvalue weighted by molar-refractivity contribution is 0.177. The third-order valence-electron chi connectivity index (χ3n) is 4.61. The summed E-state index contributed by atoms with van der Waals surface area (Å²) in [6, 6.07) is 0.325. The molecule has 1 aromatic rings. The SMILES string of the molecule is CN=C(NCCC1=CCCC1)NC1CCc2nc(COC)nn2C1. The van der Waals surface area contributed by atoms with Crippen LogP contribution in [0, 0.1) is 0 Å². The molecule has 1 aromatic heterocycles. The Kier molecular flexibility index (Phi) is 5.85. The van der Waals surface area contributed by atoms with Crippen molar-refractivity contribution in [2.24, 2.45) is 4.99 Å². The summed E-state index contributed by atoms with van der Waals surface area (Å²) >= 11 is 0. The first-order valence-corrected chi connectivity index (χ1v) is 8.85. The highest BCUT2D eigenvalue weighted by molar-refractivity contribution is 5.79. The van der Waals surface area contributed by atoms with Gasteiger partial charge in [0, 0.05) is 33.2 Å². The van der Waals surface area contributed by atoms with Crippen molar-refractivity contribution in [3.63, 3.8) is 0 Å². The summed E-state index contributed by atoms with van der Waals surface area (Å²) in [4.78, 5) is 8.86. The summed E-state index contributed by atoms with van der Waals surface area (Å²) in [6.07, 6.45) is 9.28. The Morgan fingerprint density at radius 3 is 3.12 bits per heavy atom. The average Bonchev–Trinajstić information content (AvgIpc) is 3.23. The van der Waals surface area contributed by atoms with Crippen molar-refractivity contribution < 1.29 is 4.74 Å². The van der Waals surface area contributed by atoms with Gasteiger partial charge in [-0.1, -0.05) is 11.6 Å². The van der Waals surface area contributed by atoms with Gasteiger partial charge in [0.2, 0.25) is 0 Å². The van der Waals surface area contributed by atoms with Gasteiger partial charge in [-0.25, -0.2) is 9.67 Å². The molecule has 2 aliphatic rings. The predicted octanol–water partition coefficient (Wildman–Crippen LogP) is 1.40. The van der Waals surface area contributed by atoms with E-state index in [1.807, 2.05) is 11.7 Å². The first-order valence-electron chi connectivity index (χ1n) is 8.85. The maximum absolute atomic E-state index is 5.11. The maximum Gasteiger partial charge on any atom is 0.191 e. The Balaban J connectivity index is 1.47. The molecule has 1 atom stereocenters. The molecule has 1 aliphatic heterocycles. The molecular weight excluding hydrogens is 304 g/mol. The van der Waals surface area contributed by atoms with Crippen LogP contribution >= 0.6 is 0 Å². The van der Waals surface area contributed by atoms with Crippen LogP contribution in [0.15, 0.2) is 16.6 Å². The number of hydrogen-bond acceptors (Lipinski definition) is 4. The molecule has 24 heavy (non-hydrogen) atoms. The molecule has 0 fully saturated rings. The van der Waals surface area contributed by atoms with Crippen LogP contribution in [0.3, 0.4) is 0 Å². The topological polar surface area (TPSA) is 76.4 Å². The molecule has 0 radical (unpaired) electrons. The highest BCUT2D eigenvalue weighted by Crippen LogP contribution is 2.19. The number of aryl methyl sites for hydroxylation is 1.